The maximum atomic E-state index is 13.4. The summed E-state index contributed by atoms with van der Waals surface area (Å²) in [5.41, 5.74) is -1.92. The van der Waals surface area contributed by atoms with Crippen LogP contribution in [-0.2, 0) is 4.79 Å². The predicted molar refractivity (Wildman–Crippen MR) is 98.6 cm³/mol. The molecule has 1 fully saturated rings. The molecular weight excluding hydrogens is 411 g/mol. The number of hydrogen-bond acceptors (Lipinski definition) is 7. The number of amides is 1. The van der Waals surface area contributed by atoms with Gasteiger partial charge in [-0.1, -0.05) is 11.8 Å². The van der Waals surface area contributed by atoms with E-state index in [4.69, 9.17) is 5.41 Å². The lowest BCUT2D eigenvalue weighted by Crippen LogP contribution is -2.52. The fraction of sp³-hybridized carbons (Fsp3) is 0.412. The van der Waals surface area contributed by atoms with Gasteiger partial charge in [-0.3, -0.25) is 10.2 Å². The Morgan fingerprint density at radius 3 is 2.79 bits per heavy atom. The minimum Gasteiger partial charge on any atom is -0.380 e. The molecule has 156 valence electrons. The Morgan fingerprint density at radius 2 is 2.14 bits per heavy atom. The van der Waals surface area contributed by atoms with E-state index in [1.165, 1.54) is 6.07 Å². The van der Waals surface area contributed by atoms with Gasteiger partial charge in [0.15, 0.2) is 16.6 Å². The van der Waals surface area contributed by atoms with Crippen LogP contribution in [0.3, 0.4) is 0 Å². The van der Waals surface area contributed by atoms with Gasteiger partial charge in [0.2, 0.25) is 0 Å². The molecule has 0 aliphatic heterocycles. The van der Waals surface area contributed by atoms with Gasteiger partial charge < -0.3 is 15.7 Å². The zero-order valence-corrected chi connectivity index (χ0v) is 15.9. The molecule has 0 spiro atoms. The van der Waals surface area contributed by atoms with Crippen LogP contribution in [0.2, 0.25) is 0 Å². The number of rotatable bonds is 8. The van der Waals surface area contributed by atoms with E-state index in [1.807, 2.05) is 0 Å². The third-order valence-electron chi connectivity index (χ3n) is 4.43. The number of aliphatic hydroxyl groups is 1. The van der Waals surface area contributed by atoms with E-state index in [-0.39, 0.29) is 28.8 Å². The number of alkyl halides is 2. The fourth-order valence-electron chi connectivity index (χ4n) is 2.64. The fourth-order valence-corrected chi connectivity index (χ4v) is 3.40. The summed E-state index contributed by atoms with van der Waals surface area (Å²) >= 11 is 1.16. The van der Waals surface area contributed by atoms with Crippen molar-refractivity contribution in [2.24, 2.45) is 0 Å². The molecule has 0 radical (unpaired) electrons. The van der Waals surface area contributed by atoms with Crippen molar-refractivity contribution in [3.63, 3.8) is 0 Å². The first-order valence-corrected chi connectivity index (χ1v) is 9.68. The Hall–Kier alpha value is -2.60. The number of benzene rings is 1. The maximum Gasteiger partial charge on any atom is 0.266 e. The zero-order valence-electron chi connectivity index (χ0n) is 15.0. The van der Waals surface area contributed by atoms with Crippen molar-refractivity contribution >= 4 is 29.2 Å². The highest BCUT2D eigenvalue weighted by atomic mass is 32.2. The van der Waals surface area contributed by atoms with Crippen molar-refractivity contribution < 1.29 is 27.7 Å². The lowest BCUT2D eigenvalue weighted by Gasteiger charge is -2.34. The first-order valence-electron chi connectivity index (χ1n) is 8.70. The third-order valence-corrected chi connectivity index (χ3v) is 5.38. The van der Waals surface area contributed by atoms with E-state index in [9.17, 15) is 23.1 Å². The first kappa shape index (κ1) is 21.1. The number of hydrogen-bond donors (Lipinski definition) is 4. The lowest BCUT2D eigenvalue weighted by atomic mass is 9.79. The highest BCUT2D eigenvalue weighted by Crippen LogP contribution is 2.31. The van der Waals surface area contributed by atoms with E-state index in [0.717, 1.165) is 30.3 Å². The molecule has 3 rings (SSSR count). The van der Waals surface area contributed by atoms with Gasteiger partial charge >= 0.3 is 0 Å². The second kappa shape index (κ2) is 8.82. The van der Waals surface area contributed by atoms with Gasteiger partial charge in [-0.2, -0.15) is 0 Å². The van der Waals surface area contributed by atoms with E-state index >= 15 is 0 Å². The van der Waals surface area contributed by atoms with Crippen LogP contribution in [0.1, 0.15) is 36.9 Å². The molecule has 1 aromatic heterocycles. The van der Waals surface area contributed by atoms with Crippen LogP contribution in [0.25, 0.3) is 0 Å². The van der Waals surface area contributed by atoms with E-state index < -0.39 is 29.3 Å². The molecule has 1 aromatic carbocycles. The molecule has 0 atom stereocenters. The minimum absolute atomic E-state index is 0.0434. The summed E-state index contributed by atoms with van der Waals surface area (Å²) in [4.78, 5) is 11.8. The summed E-state index contributed by atoms with van der Waals surface area (Å²) in [6.45, 7) is 0.259. The van der Waals surface area contributed by atoms with E-state index in [1.54, 1.807) is 0 Å². The van der Waals surface area contributed by atoms with E-state index in [0.29, 0.717) is 18.6 Å². The van der Waals surface area contributed by atoms with Crippen LogP contribution in [0, 0.1) is 11.2 Å². The van der Waals surface area contributed by atoms with Crippen LogP contribution < -0.4 is 10.6 Å². The molecule has 1 aliphatic carbocycles. The van der Waals surface area contributed by atoms with Gasteiger partial charge in [0.05, 0.1) is 5.56 Å². The standard InChI is InChI=1S/C17H18F3N5O3S/c18-11-3-2-9(8-10(11)13(19)20)23-14(21)12-15(25-28-24-12)29-7-6-22-16(26)17(27)4-1-5-17/h2-3,8,13,27H,1,4-7H2,(H2,21,23)(H,22,26). The van der Waals surface area contributed by atoms with Crippen molar-refractivity contribution in [3.05, 3.63) is 35.3 Å². The topological polar surface area (TPSA) is 124 Å². The Labute approximate surface area is 167 Å². The van der Waals surface area contributed by atoms with Crippen molar-refractivity contribution in [2.75, 3.05) is 17.6 Å². The van der Waals surface area contributed by atoms with E-state index in [2.05, 4.69) is 25.6 Å². The normalized spacial score (nSPS) is 15.1. The summed E-state index contributed by atoms with van der Waals surface area (Å²) in [5.74, 6) is -1.34. The van der Waals surface area contributed by atoms with Crippen LogP contribution >= 0.6 is 11.8 Å². The smallest absolute Gasteiger partial charge is 0.266 e. The number of amidine groups is 1. The highest BCUT2D eigenvalue weighted by Gasteiger charge is 2.41. The van der Waals surface area contributed by atoms with Crippen LogP contribution in [0.4, 0.5) is 18.9 Å². The predicted octanol–water partition coefficient (Wildman–Crippen LogP) is 2.71. The maximum absolute atomic E-state index is 13.4. The molecule has 29 heavy (non-hydrogen) atoms. The second-order valence-corrected chi connectivity index (χ2v) is 7.53. The summed E-state index contributed by atoms with van der Waals surface area (Å²) in [6.07, 6.45) is -1.28. The van der Waals surface area contributed by atoms with Gasteiger partial charge in [0.25, 0.3) is 12.3 Å². The summed E-state index contributed by atoms with van der Waals surface area (Å²) in [5, 5.41) is 30.7. The highest BCUT2D eigenvalue weighted by molar-refractivity contribution is 7.99. The number of nitrogens with zero attached hydrogens (tertiary/aromatic N) is 2. The monoisotopic (exact) mass is 429 g/mol. The Bertz CT molecular complexity index is 904. The van der Waals surface area contributed by atoms with Crippen molar-refractivity contribution in [1.82, 2.24) is 15.6 Å². The number of nitrogens with one attached hydrogen (secondary N) is 3. The molecule has 1 heterocycles. The molecule has 2 aromatic rings. The zero-order chi connectivity index (χ0) is 21.0. The number of carbonyl (C=O) groups excluding carboxylic acids is 1. The number of aromatic nitrogens is 2. The number of anilines is 1. The number of carbonyl (C=O) groups is 1. The Morgan fingerprint density at radius 1 is 1.38 bits per heavy atom. The first-order chi connectivity index (χ1) is 13.8. The van der Waals surface area contributed by atoms with Gasteiger partial charge in [0.1, 0.15) is 11.4 Å². The minimum atomic E-state index is -2.99. The average molecular weight is 429 g/mol. The SMILES string of the molecule is N=C(Nc1ccc(F)c(C(F)F)c1)c1nonc1SCCNC(=O)C1(O)CCC1. The number of halogens is 3. The molecule has 1 aliphatic rings. The van der Waals surface area contributed by atoms with Crippen LogP contribution in [0.5, 0.6) is 0 Å². The number of thioether (sulfide) groups is 1. The molecule has 0 unspecified atom stereocenters. The summed E-state index contributed by atoms with van der Waals surface area (Å²) in [6, 6.07) is 3.01. The molecular formula is C17H18F3N5O3S. The molecule has 1 amide bonds. The Kier molecular flexibility index (Phi) is 6.42. The quantitative estimate of drug-likeness (QED) is 0.220. The lowest BCUT2D eigenvalue weighted by molar-refractivity contribution is -0.148. The third kappa shape index (κ3) is 4.88. The van der Waals surface area contributed by atoms with Gasteiger partial charge in [-0.15, -0.1) is 0 Å². The largest absolute Gasteiger partial charge is 0.380 e. The Balaban J connectivity index is 1.54. The van der Waals surface area contributed by atoms with Crippen molar-refractivity contribution in [2.45, 2.75) is 36.3 Å². The van der Waals surface area contributed by atoms with Crippen molar-refractivity contribution in [1.29, 1.82) is 5.41 Å². The molecule has 4 N–H and O–H groups in total. The molecule has 8 nitrogen and oxygen atoms in total. The van der Waals surface area contributed by atoms with Crippen LogP contribution in [-0.4, -0.2) is 45.1 Å². The van der Waals surface area contributed by atoms with Gasteiger partial charge in [0, 0.05) is 18.0 Å². The summed E-state index contributed by atoms with van der Waals surface area (Å²) < 4.78 is 43.6. The van der Waals surface area contributed by atoms with Gasteiger partial charge in [-0.05, 0) is 47.8 Å². The van der Waals surface area contributed by atoms with Crippen molar-refractivity contribution in [3.8, 4) is 0 Å². The average Bonchev–Trinajstić information content (AvgIpc) is 3.13. The molecule has 0 bridgehead atoms. The molecule has 1 saturated carbocycles. The molecule has 12 heteroatoms. The second-order valence-electron chi connectivity index (χ2n) is 6.44. The van der Waals surface area contributed by atoms with Crippen LogP contribution in [0.15, 0.2) is 27.9 Å². The summed E-state index contributed by atoms with van der Waals surface area (Å²) in [7, 11) is 0. The van der Waals surface area contributed by atoms with Gasteiger partial charge in [-0.25, -0.2) is 17.8 Å². The molecule has 0 saturated heterocycles.